The van der Waals surface area contributed by atoms with E-state index in [1.165, 1.54) is 11.3 Å². The molecule has 146 valence electrons. The summed E-state index contributed by atoms with van der Waals surface area (Å²) in [6.45, 7) is 3.38. The molecule has 1 N–H and O–H groups in total. The summed E-state index contributed by atoms with van der Waals surface area (Å²) in [4.78, 5) is 25.1. The Morgan fingerprint density at radius 2 is 2.11 bits per heavy atom. The van der Waals surface area contributed by atoms with Gasteiger partial charge in [0.2, 0.25) is 0 Å². The predicted molar refractivity (Wildman–Crippen MR) is 106 cm³/mol. The molecule has 0 saturated carbocycles. The summed E-state index contributed by atoms with van der Waals surface area (Å²) in [5.74, 6) is 0.0852. The Bertz CT molecular complexity index is 929. The second kappa shape index (κ2) is 8.89. The zero-order valence-electron chi connectivity index (χ0n) is 15.9. The predicted octanol–water partition coefficient (Wildman–Crippen LogP) is 3.61. The SMILES string of the molecule is Cc1ccccc1OCC(=O)OCC(=O)Nc1sc2c(c1C#N)CC[C@@H](C)C2. The van der Waals surface area contributed by atoms with Crippen LogP contribution in [0.1, 0.15) is 34.9 Å². The zero-order valence-corrected chi connectivity index (χ0v) is 16.7. The van der Waals surface area contributed by atoms with Crippen LogP contribution in [-0.4, -0.2) is 25.1 Å². The fourth-order valence-electron chi connectivity index (χ4n) is 3.16. The first-order valence-electron chi connectivity index (χ1n) is 9.16. The van der Waals surface area contributed by atoms with Crippen molar-refractivity contribution in [1.29, 1.82) is 5.26 Å². The summed E-state index contributed by atoms with van der Waals surface area (Å²) >= 11 is 1.44. The molecule has 28 heavy (non-hydrogen) atoms. The summed E-state index contributed by atoms with van der Waals surface area (Å²) in [5.41, 5.74) is 2.49. The quantitative estimate of drug-likeness (QED) is 0.751. The number of para-hydroxylation sites is 1. The van der Waals surface area contributed by atoms with Crippen LogP contribution < -0.4 is 10.1 Å². The highest BCUT2D eigenvalue weighted by atomic mass is 32.1. The molecule has 0 radical (unpaired) electrons. The van der Waals surface area contributed by atoms with Crippen molar-refractivity contribution < 1.29 is 19.1 Å². The molecule has 2 aromatic rings. The van der Waals surface area contributed by atoms with E-state index in [0.29, 0.717) is 22.2 Å². The first-order valence-corrected chi connectivity index (χ1v) is 9.98. The molecule has 1 aromatic heterocycles. The minimum absolute atomic E-state index is 0.271. The van der Waals surface area contributed by atoms with E-state index in [1.807, 2.05) is 25.1 Å². The molecule has 1 atom stereocenters. The van der Waals surface area contributed by atoms with E-state index in [9.17, 15) is 14.9 Å². The first kappa shape index (κ1) is 19.9. The molecule has 6 nitrogen and oxygen atoms in total. The maximum Gasteiger partial charge on any atom is 0.344 e. The topological polar surface area (TPSA) is 88.4 Å². The standard InChI is InChI=1S/C21H22N2O4S/c1-13-7-8-15-16(10-22)21(28-18(15)9-13)23-19(24)11-27-20(25)12-26-17-6-4-3-5-14(17)2/h3-6,13H,7-9,11-12H2,1-2H3,(H,23,24)/t13-/m1/s1. The van der Waals surface area contributed by atoms with Crippen molar-refractivity contribution in [1.82, 2.24) is 0 Å². The van der Waals surface area contributed by atoms with Gasteiger partial charge in [0.05, 0.1) is 5.56 Å². The molecule has 1 heterocycles. The molecule has 0 saturated heterocycles. The third-order valence-electron chi connectivity index (χ3n) is 4.68. The largest absolute Gasteiger partial charge is 0.482 e. The van der Waals surface area contributed by atoms with Crippen molar-refractivity contribution in [3.05, 3.63) is 45.8 Å². The minimum Gasteiger partial charge on any atom is -0.482 e. The Labute approximate surface area is 168 Å². The molecule has 0 fully saturated rings. The summed E-state index contributed by atoms with van der Waals surface area (Å²) in [6.07, 6.45) is 2.83. The lowest BCUT2D eigenvalue weighted by Crippen LogP contribution is -2.23. The van der Waals surface area contributed by atoms with Crippen molar-refractivity contribution in [2.24, 2.45) is 5.92 Å². The van der Waals surface area contributed by atoms with E-state index in [4.69, 9.17) is 9.47 Å². The number of thiophene rings is 1. The molecule has 1 aliphatic carbocycles. The summed E-state index contributed by atoms with van der Waals surface area (Å²) in [5, 5.41) is 12.7. The van der Waals surface area contributed by atoms with E-state index >= 15 is 0 Å². The van der Waals surface area contributed by atoms with Gasteiger partial charge in [0.15, 0.2) is 13.2 Å². The molecule has 0 spiro atoms. The van der Waals surface area contributed by atoms with Crippen LogP contribution in [-0.2, 0) is 27.2 Å². The molecule has 0 unspecified atom stereocenters. The van der Waals surface area contributed by atoms with Gasteiger partial charge in [-0.25, -0.2) is 4.79 Å². The lowest BCUT2D eigenvalue weighted by molar-refractivity contribution is -0.149. The minimum atomic E-state index is -0.627. The van der Waals surface area contributed by atoms with Crippen LogP contribution in [0, 0.1) is 24.2 Å². The highest BCUT2D eigenvalue weighted by Crippen LogP contribution is 2.39. The number of rotatable bonds is 6. The third kappa shape index (κ3) is 4.70. The fraction of sp³-hybridized carbons (Fsp3) is 0.381. The normalized spacial score (nSPS) is 15.2. The van der Waals surface area contributed by atoms with Crippen LogP contribution >= 0.6 is 11.3 Å². The van der Waals surface area contributed by atoms with Gasteiger partial charge in [0.25, 0.3) is 5.91 Å². The van der Waals surface area contributed by atoms with Gasteiger partial charge in [-0.1, -0.05) is 25.1 Å². The van der Waals surface area contributed by atoms with Crippen molar-refractivity contribution in [3.63, 3.8) is 0 Å². The van der Waals surface area contributed by atoms with Crippen molar-refractivity contribution in [2.75, 3.05) is 18.5 Å². The molecular weight excluding hydrogens is 376 g/mol. The number of amides is 1. The molecule has 1 aromatic carbocycles. The van der Waals surface area contributed by atoms with Crippen LogP contribution in [0.25, 0.3) is 0 Å². The highest BCUT2D eigenvalue weighted by molar-refractivity contribution is 7.16. The van der Waals surface area contributed by atoms with Gasteiger partial charge >= 0.3 is 5.97 Å². The summed E-state index contributed by atoms with van der Waals surface area (Å²) < 4.78 is 10.4. The second-order valence-electron chi connectivity index (χ2n) is 6.93. The molecule has 3 rings (SSSR count). The number of hydrogen-bond donors (Lipinski definition) is 1. The van der Waals surface area contributed by atoms with Gasteiger partial charge in [0.1, 0.15) is 16.8 Å². The number of esters is 1. The van der Waals surface area contributed by atoms with E-state index in [1.54, 1.807) is 6.07 Å². The Kier molecular flexibility index (Phi) is 6.32. The lowest BCUT2D eigenvalue weighted by atomic mass is 9.89. The van der Waals surface area contributed by atoms with Crippen molar-refractivity contribution >= 4 is 28.2 Å². The van der Waals surface area contributed by atoms with Crippen LogP contribution in [0.5, 0.6) is 5.75 Å². The molecular formula is C21H22N2O4S. The number of nitrogens with zero attached hydrogens (tertiary/aromatic N) is 1. The van der Waals surface area contributed by atoms with Crippen LogP contribution in [0.15, 0.2) is 24.3 Å². The van der Waals surface area contributed by atoms with Crippen LogP contribution in [0.3, 0.4) is 0 Å². The van der Waals surface area contributed by atoms with Gasteiger partial charge in [-0.15, -0.1) is 11.3 Å². The summed E-state index contributed by atoms with van der Waals surface area (Å²) in [7, 11) is 0. The monoisotopic (exact) mass is 398 g/mol. The van der Waals surface area contributed by atoms with Gasteiger partial charge < -0.3 is 14.8 Å². The average Bonchev–Trinajstić information content (AvgIpc) is 3.01. The average molecular weight is 398 g/mol. The Balaban J connectivity index is 1.51. The number of ether oxygens (including phenoxy) is 2. The maximum absolute atomic E-state index is 12.2. The molecule has 1 aliphatic rings. The second-order valence-corrected chi connectivity index (χ2v) is 8.04. The first-order chi connectivity index (χ1) is 13.5. The molecule has 7 heteroatoms. The number of benzene rings is 1. The molecule has 0 aliphatic heterocycles. The van der Waals surface area contributed by atoms with Crippen LogP contribution in [0.4, 0.5) is 5.00 Å². The number of hydrogen-bond acceptors (Lipinski definition) is 6. The highest BCUT2D eigenvalue weighted by Gasteiger charge is 2.24. The summed E-state index contributed by atoms with van der Waals surface area (Å²) in [6, 6.07) is 9.53. The zero-order chi connectivity index (χ0) is 20.1. The molecule has 1 amide bonds. The number of nitriles is 1. The van der Waals surface area contributed by atoms with Crippen LogP contribution in [0.2, 0.25) is 0 Å². The maximum atomic E-state index is 12.2. The van der Waals surface area contributed by atoms with Gasteiger partial charge in [-0.2, -0.15) is 5.26 Å². The van der Waals surface area contributed by atoms with Gasteiger partial charge in [-0.3, -0.25) is 4.79 Å². The number of aryl methyl sites for hydroxylation is 1. The van der Waals surface area contributed by atoms with Crippen molar-refractivity contribution in [2.45, 2.75) is 33.1 Å². The van der Waals surface area contributed by atoms with E-state index in [2.05, 4.69) is 18.3 Å². The number of fused-ring (bicyclic) bond motifs is 1. The van der Waals surface area contributed by atoms with E-state index in [0.717, 1.165) is 35.3 Å². The van der Waals surface area contributed by atoms with E-state index < -0.39 is 18.5 Å². The number of nitrogens with one attached hydrogen (secondary N) is 1. The van der Waals surface area contributed by atoms with Crippen molar-refractivity contribution in [3.8, 4) is 11.8 Å². The number of anilines is 1. The lowest BCUT2D eigenvalue weighted by Gasteiger charge is -2.17. The fourth-order valence-corrected chi connectivity index (χ4v) is 4.54. The third-order valence-corrected chi connectivity index (χ3v) is 5.85. The van der Waals surface area contributed by atoms with E-state index in [-0.39, 0.29) is 6.61 Å². The Morgan fingerprint density at radius 1 is 1.32 bits per heavy atom. The Hall–Kier alpha value is -2.85. The number of carbonyl (C=O) groups excluding carboxylic acids is 2. The number of carbonyl (C=O) groups is 2. The Morgan fingerprint density at radius 3 is 2.86 bits per heavy atom. The van der Waals surface area contributed by atoms with Gasteiger partial charge in [-0.05, 0) is 49.3 Å². The molecule has 0 bridgehead atoms. The van der Waals surface area contributed by atoms with Gasteiger partial charge in [0, 0.05) is 4.88 Å². The smallest absolute Gasteiger partial charge is 0.344 e.